The minimum atomic E-state index is -3.60. The van der Waals surface area contributed by atoms with E-state index in [-0.39, 0.29) is 4.90 Å². The van der Waals surface area contributed by atoms with Gasteiger partial charge in [0.1, 0.15) is 4.90 Å². The Morgan fingerprint density at radius 3 is 2.68 bits per heavy atom. The van der Waals surface area contributed by atoms with Gasteiger partial charge in [0, 0.05) is 21.3 Å². The molecule has 0 fully saturated rings. The number of nitrogens with two attached hydrogens (primary N) is 1. The zero-order valence-corrected chi connectivity index (χ0v) is 12.6. The van der Waals surface area contributed by atoms with Crippen molar-refractivity contribution < 1.29 is 8.42 Å². The lowest BCUT2D eigenvalue weighted by Gasteiger charge is -2.07. The zero-order valence-electron chi connectivity index (χ0n) is 10.2. The Labute approximate surface area is 121 Å². The third-order valence-corrected chi connectivity index (χ3v) is 5.44. The molecule has 7 heteroatoms. The second kappa shape index (κ2) is 5.50. The second-order valence-corrected chi connectivity index (χ2v) is 7.38. The number of sulfonamides is 1. The lowest BCUT2D eigenvalue weighted by atomic mass is 10.3. The number of hydrogen-bond donors (Lipinski definition) is 2. The maximum Gasteiger partial charge on any atom is 0.263 e. The molecule has 0 spiro atoms. The number of anilines is 1. The number of hydrogen-bond acceptors (Lipinski definition) is 4. The molecule has 0 radical (unpaired) electrons. The minimum absolute atomic E-state index is 0.262. The predicted molar refractivity (Wildman–Crippen MR) is 79.2 cm³/mol. The van der Waals surface area contributed by atoms with E-state index in [2.05, 4.69) is 4.72 Å². The topological polar surface area (TPSA) is 72.2 Å². The number of aryl methyl sites for hydroxylation is 1. The quantitative estimate of drug-likeness (QED) is 0.911. The molecule has 0 aliphatic rings. The normalized spacial score (nSPS) is 11.5. The Morgan fingerprint density at radius 2 is 2.11 bits per heavy atom. The summed E-state index contributed by atoms with van der Waals surface area (Å²) in [6, 6.07) is 8.18. The highest BCUT2D eigenvalue weighted by molar-refractivity contribution is 7.93. The van der Waals surface area contributed by atoms with Crippen LogP contribution >= 0.6 is 22.9 Å². The maximum atomic E-state index is 12.3. The molecule has 0 atom stereocenters. The van der Waals surface area contributed by atoms with Gasteiger partial charge in [0.05, 0.1) is 5.69 Å². The fourth-order valence-electron chi connectivity index (χ4n) is 1.65. The van der Waals surface area contributed by atoms with Crippen molar-refractivity contribution in [2.45, 2.75) is 18.4 Å². The molecular weight excluding hydrogens is 304 g/mol. The van der Waals surface area contributed by atoms with Gasteiger partial charge < -0.3 is 5.73 Å². The van der Waals surface area contributed by atoms with Crippen LogP contribution in [0, 0.1) is 6.92 Å². The largest absolute Gasteiger partial charge is 0.326 e. The molecule has 0 amide bonds. The average Bonchev–Trinajstić information content (AvgIpc) is 2.71. The van der Waals surface area contributed by atoms with Gasteiger partial charge >= 0.3 is 0 Å². The standard InChI is InChI=1S/C12H13ClN2O2S2/c1-8-12(6-11(7-14)18-8)19(16,17)15-10-4-2-3-9(13)5-10/h2-6,15H,7,14H2,1H3. The molecule has 1 aromatic heterocycles. The van der Waals surface area contributed by atoms with E-state index in [9.17, 15) is 8.42 Å². The summed E-state index contributed by atoms with van der Waals surface area (Å²) in [5.74, 6) is 0. The van der Waals surface area contributed by atoms with Crippen molar-refractivity contribution >= 4 is 38.6 Å². The van der Waals surface area contributed by atoms with E-state index in [4.69, 9.17) is 17.3 Å². The van der Waals surface area contributed by atoms with Gasteiger partial charge in [-0.2, -0.15) is 0 Å². The Bertz CT molecular complexity index is 696. The van der Waals surface area contributed by atoms with Gasteiger partial charge in [-0.15, -0.1) is 11.3 Å². The molecular formula is C12H13ClN2O2S2. The van der Waals surface area contributed by atoms with Crippen molar-refractivity contribution in [1.29, 1.82) is 0 Å². The first kappa shape index (κ1) is 14.3. The van der Waals surface area contributed by atoms with Crippen LogP contribution in [-0.4, -0.2) is 8.42 Å². The van der Waals surface area contributed by atoms with Crippen LogP contribution in [0.15, 0.2) is 35.2 Å². The minimum Gasteiger partial charge on any atom is -0.326 e. The van der Waals surface area contributed by atoms with E-state index in [0.29, 0.717) is 17.3 Å². The SMILES string of the molecule is Cc1sc(CN)cc1S(=O)(=O)Nc1cccc(Cl)c1. The highest BCUT2D eigenvalue weighted by Crippen LogP contribution is 2.27. The fourth-order valence-corrected chi connectivity index (χ4v) is 4.41. The molecule has 1 heterocycles. The summed E-state index contributed by atoms with van der Waals surface area (Å²) in [5, 5.41) is 0.477. The van der Waals surface area contributed by atoms with Crippen molar-refractivity contribution in [2.75, 3.05) is 4.72 Å². The van der Waals surface area contributed by atoms with Crippen LogP contribution in [0.4, 0.5) is 5.69 Å². The van der Waals surface area contributed by atoms with Crippen LogP contribution < -0.4 is 10.5 Å². The third-order valence-electron chi connectivity index (χ3n) is 2.49. The number of rotatable bonds is 4. The smallest absolute Gasteiger partial charge is 0.263 e. The van der Waals surface area contributed by atoms with E-state index in [1.165, 1.54) is 11.3 Å². The number of thiophene rings is 1. The molecule has 0 bridgehead atoms. The molecule has 19 heavy (non-hydrogen) atoms. The third kappa shape index (κ3) is 3.27. The fraction of sp³-hybridized carbons (Fsp3) is 0.167. The van der Waals surface area contributed by atoms with E-state index in [0.717, 1.165) is 9.75 Å². The molecule has 4 nitrogen and oxygen atoms in total. The summed E-state index contributed by atoms with van der Waals surface area (Å²) in [5.41, 5.74) is 5.96. The Hall–Kier alpha value is -1.08. The van der Waals surface area contributed by atoms with Gasteiger partial charge in [-0.3, -0.25) is 4.72 Å². The first-order chi connectivity index (χ1) is 8.92. The summed E-state index contributed by atoms with van der Waals surface area (Å²) in [6.45, 7) is 2.09. The highest BCUT2D eigenvalue weighted by Gasteiger charge is 2.19. The van der Waals surface area contributed by atoms with Crippen LogP contribution in [-0.2, 0) is 16.6 Å². The van der Waals surface area contributed by atoms with Crippen LogP contribution in [0.1, 0.15) is 9.75 Å². The summed E-state index contributed by atoms with van der Waals surface area (Å²) in [6.07, 6.45) is 0. The van der Waals surface area contributed by atoms with Crippen LogP contribution in [0.3, 0.4) is 0 Å². The van der Waals surface area contributed by atoms with Crippen molar-refractivity contribution in [2.24, 2.45) is 5.73 Å². The molecule has 3 N–H and O–H groups in total. The van der Waals surface area contributed by atoms with Gasteiger partial charge in [0.2, 0.25) is 0 Å². The molecule has 0 saturated heterocycles. The summed E-state index contributed by atoms with van der Waals surface area (Å²) >= 11 is 7.21. The lowest BCUT2D eigenvalue weighted by Crippen LogP contribution is -2.13. The predicted octanol–water partition coefficient (Wildman–Crippen LogP) is 2.97. The first-order valence-electron chi connectivity index (χ1n) is 5.50. The first-order valence-corrected chi connectivity index (χ1v) is 8.18. The second-order valence-electron chi connectivity index (χ2n) is 3.95. The van der Waals surface area contributed by atoms with Gasteiger partial charge in [-0.25, -0.2) is 8.42 Å². The molecule has 0 aliphatic heterocycles. The average molecular weight is 317 g/mol. The van der Waals surface area contributed by atoms with E-state index < -0.39 is 10.0 Å². The van der Waals surface area contributed by atoms with Crippen LogP contribution in [0.2, 0.25) is 5.02 Å². The molecule has 0 aliphatic carbocycles. The molecule has 1 aromatic carbocycles. The highest BCUT2D eigenvalue weighted by atomic mass is 35.5. The summed E-state index contributed by atoms with van der Waals surface area (Å²) in [7, 11) is -3.60. The van der Waals surface area contributed by atoms with Crippen LogP contribution in [0.5, 0.6) is 0 Å². The lowest BCUT2D eigenvalue weighted by molar-refractivity contribution is 0.601. The zero-order chi connectivity index (χ0) is 14.0. The van der Waals surface area contributed by atoms with Crippen molar-refractivity contribution in [3.05, 3.63) is 45.1 Å². The maximum absolute atomic E-state index is 12.3. The molecule has 0 unspecified atom stereocenters. The molecule has 2 aromatic rings. The van der Waals surface area contributed by atoms with Gasteiger partial charge in [0.15, 0.2) is 0 Å². The van der Waals surface area contributed by atoms with Crippen molar-refractivity contribution in [3.8, 4) is 0 Å². The number of halogens is 1. The molecule has 102 valence electrons. The summed E-state index contributed by atoms with van der Waals surface area (Å²) in [4.78, 5) is 1.82. The van der Waals surface area contributed by atoms with E-state index in [1.54, 1.807) is 37.3 Å². The molecule has 2 rings (SSSR count). The van der Waals surface area contributed by atoms with E-state index >= 15 is 0 Å². The Balaban J connectivity index is 2.34. The van der Waals surface area contributed by atoms with Gasteiger partial charge in [0.25, 0.3) is 10.0 Å². The van der Waals surface area contributed by atoms with Crippen molar-refractivity contribution in [3.63, 3.8) is 0 Å². The summed E-state index contributed by atoms with van der Waals surface area (Å²) < 4.78 is 27.1. The van der Waals surface area contributed by atoms with Gasteiger partial charge in [-0.05, 0) is 31.2 Å². The van der Waals surface area contributed by atoms with Crippen LogP contribution in [0.25, 0.3) is 0 Å². The van der Waals surface area contributed by atoms with E-state index in [1.807, 2.05) is 0 Å². The number of benzene rings is 1. The van der Waals surface area contributed by atoms with Gasteiger partial charge in [-0.1, -0.05) is 17.7 Å². The van der Waals surface area contributed by atoms with Crippen molar-refractivity contribution in [1.82, 2.24) is 0 Å². The molecule has 0 saturated carbocycles. The Kier molecular flexibility index (Phi) is 4.15. The monoisotopic (exact) mass is 316 g/mol. The number of nitrogens with one attached hydrogen (secondary N) is 1. The Morgan fingerprint density at radius 1 is 1.37 bits per heavy atom.